The van der Waals surface area contributed by atoms with E-state index in [1.165, 1.54) is 22.4 Å². The Balaban J connectivity index is 2.31. The predicted molar refractivity (Wildman–Crippen MR) is 117 cm³/mol. The number of benzene rings is 3. The number of anilines is 1. The van der Waals surface area contributed by atoms with Gasteiger partial charge in [0.15, 0.2) is 0 Å². The number of hydrogen-bond acceptors (Lipinski definition) is 1. The van der Waals surface area contributed by atoms with Crippen molar-refractivity contribution in [2.75, 3.05) is 11.9 Å². The molecule has 3 aromatic rings. The van der Waals surface area contributed by atoms with Crippen molar-refractivity contribution in [1.29, 1.82) is 0 Å². The second kappa shape index (κ2) is 7.51. The summed E-state index contributed by atoms with van der Waals surface area (Å²) in [6.07, 6.45) is 0. The van der Waals surface area contributed by atoms with Crippen molar-refractivity contribution in [2.24, 2.45) is 0 Å². The molecule has 0 heterocycles. The third-order valence-corrected chi connectivity index (χ3v) is 8.35. The molecule has 0 bridgehead atoms. The molecule has 0 saturated heterocycles. The Bertz CT molecular complexity index is 778. The van der Waals surface area contributed by atoms with E-state index in [0.29, 0.717) is 0 Å². The highest BCUT2D eigenvalue weighted by molar-refractivity contribution is 6.80. The molecule has 1 nitrogen and oxygen atoms in total. The third-order valence-electron chi connectivity index (χ3n) is 5.24. The van der Waals surface area contributed by atoms with Crippen molar-refractivity contribution in [1.82, 2.24) is 0 Å². The number of hydrogen-bond donors (Lipinski definition) is 1. The first-order chi connectivity index (χ1) is 12.5. The maximum Gasteiger partial charge on any atom is 0.0668 e. The molecule has 0 amide bonds. The maximum atomic E-state index is 3.42. The van der Waals surface area contributed by atoms with Crippen molar-refractivity contribution >= 4 is 13.8 Å². The molecule has 0 aromatic heterocycles. The Morgan fingerprint density at radius 2 is 1.08 bits per heavy atom. The minimum atomic E-state index is -1.72. The standard InChI is InChI=1S/C24H29NSi/c1-5-25-23-18-16-22(17-19-23)24(26(2,3)4,20-12-8-6-9-13-20)21-14-10-7-11-15-21/h6-19,25H,5H2,1-4H3. The smallest absolute Gasteiger partial charge is 0.0668 e. The minimum Gasteiger partial charge on any atom is -0.385 e. The van der Waals surface area contributed by atoms with E-state index in [1.807, 2.05) is 0 Å². The first kappa shape index (κ1) is 18.5. The summed E-state index contributed by atoms with van der Waals surface area (Å²) in [5, 5.41) is 3.33. The first-order valence-electron chi connectivity index (χ1n) is 9.45. The van der Waals surface area contributed by atoms with Gasteiger partial charge < -0.3 is 5.32 Å². The molecule has 0 aliphatic rings. The molecule has 0 fully saturated rings. The first-order valence-corrected chi connectivity index (χ1v) is 13.0. The summed E-state index contributed by atoms with van der Waals surface area (Å²) in [5.41, 5.74) is 5.35. The summed E-state index contributed by atoms with van der Waals surface area (Å²) >= 11 is 0. The van der Waals surface area contributed by atoms with E-state index in [9.17, 15) is 0 Å². The highest BCUT2D eigenvalue weighted by atomic mass is 28.3. The fourth-order valence-electron chi connectivity index (χ4n) is 4.22. The second-order valence-electron chi connectivity index (χ2n) is 7.84. The SMILES string of the molecule is CCNc1ccc(C(c2ccccc2)(c2ccccc2)[Si](C)(C)C)cc1. The Kier molecular flexibility index (Phi) is 5.33. The molecule has 1 N–H and O–H groups in total. The quantitative estimate of drug-likeness (QED) is 0.400. The third kappa shape index (κ3) is 3.22. The predicted octanol–water partition coefficient (Wildman–Crippen LogP) is 6.33. The Labute approximate surface area is 159 Å². The molecule has 0 saturated carbocycles. The number of rotatable bonds is 6. The van der Waals surface area contributed by atoms with Gasteiger partial charge in [-0.15, -0.1) is 0 Å². The molecule has 26 heavy (non-hydrogen) atoms. The molecule has 0 aliphatic carbocycles. The van der Waals surface area contributed by atoms with E-state index in [0.717, 1.165) is 6.54 Å². The van der Waals surface area contributed by atoms with Crippen LogP contribution in [0, 0.1) is 0 Å². The zero-order valence-corrected chi connectivity index (χ0v) is 17.3. The van der Waals surface area contributed by atoms with Gasteiger partial charge in [0.05, 0.1) is 8.07 Å². The zero-order valence-electron chi connectivity index (χ0n) is 16.3. The fraction of sp³-hybridized carbons (Fsp3) is 0.250. The molecule has 0 spiro atoms. The molecule has 2 heteroatoms. The summed E-state index contributed by atoms with van der Waals surface area (Å²) in [6, 6.07) is 31.1. The molecule has 0 aliphatic heterocycles. The molecule has 3 rings (SSSR count). The lowest BCUT2D eigenvalue weighted by molar-refractivity contribution is 0.829. The normalized spacial score (nSPS) is 12.0. The van der Waals surface area contributed by atoms with Crippen molar-refractivity contribution < 1.29 is 0 Å². The van der Waals surface area contributed by atoms with Gasteiger partial charge >= 0.3 is 0 Å². The molecule has 3 aromatic carbocycles. The van der Waals surface area contributed by atoms with E-state index in [1.54, 1.807) is 0 Å². The molecule has 0 radical (unpaired) electrons. The van der Waals surface area contributed by atoms with Gasteiger partial charge in [0.2, 0.25) is 0 Å². The largest absolute Gasteiger partial charge is 0.385 e. The summed E-state index contributed by atoms with van der Waals surface area (Å²) in [7, 11) is -1.72. The zero-order chi connectivity index (χ0) is 18.6. The summed E-state index contributed by atoms with van der Waals surface area (Å²) in [6.45, 7) is 10.5. The fourth-order valence-corrected chi connectivity index (χ4v) is 7.32. The van der Waals surface area contributed by atoms with Crippen LogP contribution in [0.2, 0.25) is 19.6 Å². The van der Waals surface area contributed by atoms with Crippen LogP contribution in [0.25, 0.3) is 0 Å². The van der Waals surface area contributed by atoms with Gasteiger partial charge in [-0.2, -0.15) is 0 Å². The van der Waals surface area contributed by atoms with Crippen LogP contribution in [0.1, 0.15) is 23.6 Å². The van der Waals surface area contributed by atoms with Crippen molar-refractivity contribution in [2.45, 2.75) is 31.6 Å². The highest BCUT2D eigenvalue weighted by Crippen LogP contribution is 2.46. The second-order valence-corrected chi connectivity index (χ2v) is 13.1. The Morgan fingerprint density at radius 3 is 1.46 bits per heavy atom. The monoisotopic (exact) mass is 359 g/mol. The van der Waals surface area contributed by atoms with Crippen LogP contribution in [0.4, 0.5) is 5.69 Å². The van der Waals surface area contributed by atoms with Crippen molar-refractivity contribution in [3.63, 3.8) is 0 Å². The van der Waals surface area contributed by atoms with Crippen LogP contribution < -0.4 is 5.32 Å². The molecular weight excluding hydrogens is 330 g/mol. The lowest BCUT2D eigenvalue weighted by Crippen LogP contribution is -2.51. The Hall–Kier alpha value is -2.32. The van der Waals surface area contributed by atoms with E-state index >= 15 is 0 Å². The van der Waals surface area contributed by atoms with E-state index in [4.69, 9.17) is 0 Å². The van der Waals surface area contributed by atoms with Gasteiger partial charge in [-0.05, 0) is 35.7 Å². The van der Waals surface area contributed by atoms with Gasteiger partial charge in [-0.3, -0.25) is 0 Å². The van der Waals surface area contributed by atoms with E-state index in [2.05, 4.69) is 117 Å². The van der Waals surface area contributed by atoms with Crippen LogP contribution in [-0.4, -0.2) is 14.6 Å². The topological polar surface area (TPSA) is 12.0 Å². The van der Waals surface area contributed by atoms with E-state index in [-0.39, 0.29) is 5.04 Å². The lowest BCUT2D eigenvalue weighted by Gasteiger charge is -2.45. The molecular formula is C24H29NSi. The van der Waals surface area contributed by atoms with Gasteiger partial charge in [0.25, 0.3) is 0 Å². The van der Waals surface area contributed by atoms with Gasteiger partial charge in [0, 0.05) is 17.3 Å². The van der Waals surface area contributed by atoms with Crippen LogP contribution in [0.3, 0.4) is 0 Å². The van der Waals surface area contributed by atoms with Gasteiger partial charge in [-0.25, -0.2) is 0 Å². The number of nitrogens with one attached hydrogen (secondary N) is 1. The maximum absolute atomic E-state index is 3.42. The molecule has 0 unspecified atom stereocenters. The van der Waals surface area contributed by atoms with Crippen LogP contribution in [-0.2, 0) is 5.04 Å². The average molecular weight is 360 g/mol. The van der Waals surface area contributed by atoms with Crippen molar-refractivity contribution in [3.8, 4) is 0 Å². The van der Waals surface area contributed by atoms with E-state index < -0.39 is 8.07 Å². The summed E-state index contributed by atoms with van der Waals surface area (Å²) in [4.78, 5) is 0. The average Bonchev–Trinajstić information content (AvgIpc) is 2.65. The lowest BCUT2D eigenvalue weighted by atomic mass is 9.83. The summed E-state index contributed by atoms with van der Waals surface area (Å²) in [5.74, 6) is 0. The summed E-state index contributed by atoms with van der Waals surface area (Å²) < 4.78 is 0. The van der Waals surface area contributed by atoms with Crippen LogP contribution in [0.5, 0.6) is 0 Å². The minimum absolute atomic E-state index is 0.0831. The van der Waals surface area contributed by atoms with Crippen LogP contribution in [0.15, 0.2) is 84.9 Å². The van der Waals surface area contributed by atoms with Gasteiger partial charge in [-0.1, -0.05) is 92.4 Å². The van der Waals surface area contributed by atoms with Gasteiger partial charge in [0.1, 0.15) is 0 Å². The van der Waals surface area contributed by atoms with Crippen molar-refractivity contribution in [3.05, 3.63) is 102 Å². The molecule has 0 atom stereocenters. The highest BCUT2D eigenvalue weighted by Gasteiger charge is 2.47. The molecule has 134 valence electrons. The Morgan fingerprint density at radius 1 is 0.654 bits per heavy atom. The van der Waals surface area contributed by atoms with Crippen LogP contribution >= 0.6 is 0 Å².